The van der Waals surface area contributed by atoms with Crippen molar-refractivity contribution in [1.82, 2.24) is 14.5 Å². The lowest BCUT2D eigenvalue weighted by Gasteiger charge is -2.16. The van der Waals surface area contributed by atoms with Crippen LogP contribution in [0, 0.1) is 0 Å². The summed E-state index contributed by atoms with van der Waals surface area (Å²) in [5.41, 5.74) is -1.16. The largest absolute Gasteiger partial charge is 0.493 e. The van der Waals surface area contributed by atoms with Crippen LogP contribution in [0.4, 0.5) is 0 Å². The van der Waals surface area contributed by atoms with E-state index in [2.05, 4.69) is 28.7 Å². The van der Waals surface area contributed by atoms with Crippen molar-refractivity contribution >= 4 is 6.21 Å². The molecule has 2 aromatic rings. The first kappa shape index (κ1) is 20.4. The van der Waals surface area contributed by atoms with Gasteiger partial charge < -0.3 is 14.7 Å². The standard InChI is InChI=1S/C19H26N4O4/c1-4-22(5-2)12-11-20-13-14-17(24)21-19(26)23(18(14)25)15-9-7-8-10-16(15)27-6-3/h7-10,13,25H,4-6,11-12H2,1-3H3,(H,21,24,26). The van der Waals surface area contributed by atoms with Crippen molar-refractivity contribution in [2.45, 2.75) is 20.8 Å². The molecule has 0 spiro atoms. The third-order valence-electron chi connectivity index (χ3n) is 4.19. The number of ether oxygens (including phenoxy) is 1. The number of hydrogen-bond acceptors (Lipinski definition) is 6. The second-order valence-electron chi connectivity index (χ2n) is 5.79. The van der Waals surface area contributed by atoms with Crippen molar-refractivity contribution < 1.29 is 9.84 Å². The van der Waals surface area contributed by atoms with Gasteiger partial charge in [0, 0.05) is 12.8 Å². The summed E-state index contributed by atoms with van der Waals surface area (Å²) >= 11 is 0. The van der Waals surface area contributed by atoms with E-state index >= 15 is 0 Å². The summed E-state index contributed by atoms with van der Waals surface area (Å²) in [6, 6.07) is 6.80. The number of hydrogen-bond donors (Lipinski definition) is 2. The van der Waals surface area contributed by atoms with Crippen LogP contribution in [-0.4, -0.2) is 58.6 Å². The first-order chi connectivity index (χ1) is 13.0. The highest BCUT2D eigenvalue weighted by Crippen LogP contribution is 2.25. The quantitative estimate of drug-likeness (QED) is 0.646. The average molecular weight is 374 g/mol. The summed E-state index contributed by atoms with van der Waals surface area (Å²) < 4.78 is 6.53. The normalized spacial score (nSPS) is 11.4. The van der Waals surface area contributed by atoms with Gasteiger partial charge in [-0.15, -0.1) is 0 Å². The van der Waals surface area contributed by atoms with Crippen LogP contribution in [0.25, 0.3) is 5.69 Å². The lowest BCUT2D eigenvalue weighted by atomic mass is 10.2. The molecule has 0 atom stereocenters. The highest BCUT2D eigenvalue weighted by molar-refractivity contribution is 5.82. The first-order valence-corrected chi connectivity index (χ1v) is 9.06. The van der Waals surface area contributed by atoms with Crippen molar-refractivity contribution in [3.8, 4) is 17.3 Å². The lowest BCUT2D eigenvalue weighted by Crippen LogP contribution is -2.31. The van der Waals surface area contributed by atoms with E-state index in [1.165, 1.54) is 6.21 Å². The van der Waals surface area contributed by atoms with Gasteiger partial charge >= 0.3 is 5.69 Å². The van der Waals surface area contributed by atoms with Crippen molar-refractivity contribution in [3.63, 3.8) is 0 Å². The summed E-state index contributed by atoms with van der Waals surface area (Å²) in [6.07, 6.45) is 1.30. The van der Waals surface area contributed by atoms with Gasteiger partial charge in [0.15, 0.2) is 0 Å². The number of aromatic nitrogens is 2. The second-order valence-corrected chi connectivity index (χ2v) is 5.79. The Hall–Kier alpha value is -2.87. The number of aromatic hydroxyl groups is 1. The Balaban J connectivity index is 2.41. The van der Waals surface area contributed by atoms with Gasteiger partial charge in [0.25, 0.3) is 5.56 Å². The van der Waals surface area contributed by atoms with Gasteiger partial charge in [0.1, 0.15) is 11.3 Å². The molecule has 2 rings (SSSR count). The summed E-state index contributed by atoms with van der Waals surface area (Å²) in [5, 5.41) is 10.6. The highest BCUT2D eigenvalue weighted by atomic mass is 16.5. The van der Waals surface area contributed by atoms with Gasteiger partial charge in [0.05, 0.1) is 18.8 Å². The van der Waals surface area contributed by atoms with Gasteiger partial charge in [0.2, 0.25) is 5.88 Å². The topological polar surface area (TPSA) is 99.9 Å². The number of nitrogens with zero attached hydrogens (tertiary/aromatic N) is 3. The molecule has 27 heavy (non-hydrogen) atoms. The minimum atomic E-state index is -0.745. The molecule has 0 amide bonds. The molecule has 146 valence electrons. The number of nitrogens with one attached hydrogen (secondary N) is 1. The predicted octanol–water partition coefficient (Wildman–Crippen LogP) is 1.39. The van der Waals surface area contributed by atoms with Crippen LogP contribution in [0.5, 0.6) is 11.6 Å². The van der Waals surface area contributed by atoms with E-state index in [0.29, 0.717) is 24.6 Å². The van der Waals surface area contributed by atoms with Gasteiger partial charge in [-0.2, -0.15) is 0 Å². The number of rotatable bonds is 9. The number of aliphatic imine (C=N–C) groups is 1. The third kappa shape index (κ3) is 4.85. The van der Waals surface area contributed by atoms with Crippen LogP contribution in [0.3, 0.4) is 0 Å². The molecule has 0 aliphatic rings. The fourth-order valence-electron chi connectivity index (χ4n) is 2.69. The van der Waals surface area contributed by atoms with Gasteiger partial charge in [-0.25, -0.2) is 9.36 Å². The smallest absolute Gasteiger partial charge is 0.335 e. The van der Waals surface area contributed by atoms with E-state index < -0.39 is 17.1 Å². The molecular formula is C19H26N4O4. The van der Waals surface area contributed by atoms with Crippen LogP contribution < -0.4 is 16.0 Å². The zero-order valence-corrected chi connectivity index (χ0v) is 15.9. The van der Waals surface area contributed by atoms with Crippen LogP contribution in [0.2, 0.25) is 0 Å². The van der Waals surface area contributed by atoms with Gasteiger partial charge in [-0.1, -0.05) is 26.0 Å². The summed E-state index contributed by atoms with van der Waals surface area (Å²) in [4.78, 5) is 33.1. The Morgan fingerprint density at radius 2 is 1.93 bits per heavy atom. The molecule has 0 saturated heterocycles. The molecule has 0 radical (unpaired) electrons. The van der Waals surface area contributed by atoms with Crippen molar-refractivity contribution in [3.05, 3.63) is 50.7 Å². The Bertz CT molecular complexity index is 897. The molecule has 8 heteroatoms. The van der Waals surface area contributed by atoms with E-state index in [1.807, 2.05) is 6.92 Å². The summed E-state index contributed by atoms with van der Waals surface area (Å²) in [6.45, 7) is 9.40. The maximum absolute atomic E-state index is 12.3. The van der Waals surface area contributed by atoms with Crippen LogP contribution in [0.1, 0.15) is 26.3 Å². The molecule has 0 bridgehead atoms. The van der Waals surface area contributed by atoms with Crippen molar-refractivity contribution in [2.75, 3.05) is 32.8 Å². The zero-order valence-electron chi connectivity index (χ0n) is 15.9. The lowest BCUT2D eigenvalue weighted by molar-refractivity contribution is 0.313. The Morgan fingerprint density at radius 3 is 2.59 bits per heavy atom. The second kappa shape index (κ2) is 9.72. The first-order valence-electron chi connectivity index (χ1n) is 9.06. The summed E-state index contributed by atoms with van der Waals surface area (Å²) in [7, 11) is 0. The summed E-state index contributed by atoms with van der Waals surface area (Å²) in [5.74, 6) is -0.0450. The van der Waals surface area contributed by atoms with Crippen LogP contribution >= 0.6 is 0 Å². The number of aromatic amines is 1. The van der Waals surface area contributed by atoms with E-state index in [-0.39, 0.29) is 5.56 Å². The fourth-order valence-corrected chi connectivity index (χ4v) is 2.69. The molecule has 0 fully saturated rings. The van der Waals surface area contributed by atoms with Crippen LogP contribution in [0.15, 0.2) is 38.8 Å². The number of benzene rings is 1. The van der Waals surface area contributed by atoms with E-state index in [4.69, 9.17) is 4.74 Å². The molecule has 1 aromatic heterocycles. The molecule has 0 unspecified atom stereocenters. The number of H-pyrrole nitrogens is 1. The van der Waals surface area contributed by atoms with Crippen LogP contribution in [-0.2, 0) is 0 Å². The highest BCUT2D eigenvalue weighted by Gasteiger charge is 2.17. The Morgan fingerprint density at radius 1 is 1.22 bits per heavy atom. The van der Waals surface area contributed by atoms with Crippen molar-refractivity contribution in [2.24, 2.45) is 4.99 Å². The molecule has 0 saturated carbocycles. The van der Waals surface area contributed by atoms with E-state index in [9.17, 15) is 14.7 Å². The molecule has 1 heterocycles. The predicted molar refractivity (Wildman–Crippen MR) is 106 cm³/mol. The number of likely N-dealkylation sites (N-methyl/N-ethyl adjacent to an activating group) is 1. The minimum absolute atomic E-state index is 0.0690. The molecule has 2 N–H and O–H groups in total. The van der Waals surface area contributed by atoms with E-state index in [0.717, 1.165) is 24.2 Å². The maximum Gasteiger partial charge on any atom is 0.335 e. The monoisotopic (exact) mass is 374 g/mol. The number of para-hydroxylation sites is 2. The van der Waals surface area contributed by atoms with Gasteiger partial charge in [-0.05, 0) is 32.1 Å². The molecule has 0 aliphatic heterocycles. The fraction of sp³-hybridized carbons (Fsp3) is 0.421. The Kier molecular flexibility index (Phi) is 7.36. The zero-order chi connectivity index (χ0) is 19.8. The minimum Gasteiger partial charge on any atom is -0.493 e. The molecule has 8 nitrogen and oxygen atoms in total. The average Bonchev–Trinajstić information content (AvgIpc) is 2.65. The molecule has 0 aliphatic carbocycles. The maximum atomic E-state index is 12.3. The molecule has 1 aromatic carbocycles. The molecular weight excluding hydrogens is 348 g/mol. The SMILES string of the molecule is CCOc1ccccc1-n1c(O)c(C=NCCN(CC)CC)c(=O)[nH]c1=O. The van der Waals surface area contributed by atoms with E-state index in [1.54, 1.807) is 24.3 Å². The Labute approximate surface area is 157 Å². The third-order valence-corrected chi connectivity index (χ3v) is 4.19. The van der Waals surface area contributed by atoms with Gasteiger partial charge in [-0.3, -0.25) is 14.8 Å². The van der Waals surface area contributed by atoms with Crippen molar-refractivity contribution in [1.29, 1.82) is 0 Å².